The number of nitrogens with two attached hydrogens (primary N) is 1. The number of hydrogen-bond acceptors (Lipinski definition) is 6. The highest BCUT2D eigenvalue weighted by atomic mass is 32.2. The molecule has 0 saturated carbocycles. The lowest BCUT2D eigenvalue weighted by atomic mass is 10.2. The molecule has 1 aliphatic rings. The van der Waals surface area contributed by atoms with Crippen molar-refractivity contribution in [3.8, 4) is 5.75 Å². The molecule has 11 heteroatoms. The Morgan fingerprint density at radius 1 is 1.12 bits per heavy atom. The second-order valence-corrected chi connectivity index (χ2v) is 9.41. The molecule has 1 aromatic carbocycles. The third-order valence-electron chi connectivity index (χ3n) is 3.81. The SMILES string of the molecule is CCOc1ccc(C(N)=O)cc1S(=O)(=O)N1CCN(S(C)(=O)=O)CC1. The summed E-state index contributed by atoms with van der Waals surface area (Å²) in [6.07, 6.45) is 1.08. The van der Waals surface area contributed by atoms with Gasteiger partial charge in [-0.05, 0) is 25.1 Å². The summed E-state index contributed by atoms with van der Waals surface area (Å²) in [7, 11) is -7.33. The van der Waals surface area contributed by atoms with Crippen molar-refractivity contribution in [1.29, 1.82) is 0 Å². The van der Waals surface area contributed by atoms with Crippen LogP contribution in [0.2, 0.25) is 0 Å². The molecule has 1 saturated heterocycles. The number of hydrogen-bond donors (Lipinski definition) is 1. The summed E-state index contributed by atoms with van der Waals surface area (Å²) >= 11 is 0. The third-order valence-corrected chi connectivity index (χ3v) is 7.04. The fourth-order valence-corrected chi connectivity index (χ4v) is 4.92. The van der Waals surface area contributed by atoms with Gasteiger partial charge in [0.1, 0.15) is 10.6 Å². The maximum absolute atomic E-state index is 12.9. The number of piperazine rings is 1. The first-order valence-electron chi connectivity index (χ1n) is 7.59. The first-order chi connectivity index (χ1) is 11.6. The lowest BCUT2D eigenvalue weighted by molar-refractivity contribution is 0.1000. The van der Waals surface area contributed by atoms with Crippen LogP contribution in [0.1, 0.15) is 17.3 Å². The molecule has 2 rings (SSSR count). The molecule has 0 aliphatic carbocycles. The standard InChI is InChI=1S/C14H21N3O6S2/c1-3-23-12-5-4-11(14(15)18)10-13(12)25(21,22)17-8-6-16(7-9-17)24(2,19)20/h4-5,10H,3,6-9H2,1-2H3,(H2,15,18). The highest BCUT2D eigenvalue weighted by Gasteiger charge is 2.33. The van der Waals surface area contributed by atoms with Crippen LogP contribution in [0.15, 0.2) is 23.1 Å². The van der Waals surface area contributed by atoms with E-state index in [2.05, 4.69) is 0 Å². The van der Waals surface area contributed by atoms with E-state index in [0.29, 0.717) is 0 Å². The molecule has 0 unspecified atom stereocenters. The van der Waals surface area contributed by atoms with Crippen molar-refractivity contribution < 1.29 is 26.4 Å². The zero-order chi connectivity index (χ0) is 18.8. The van der Waals surface area contributed by atoms with Crippen molar-refractivity contribution in [1.82, 2.24) is 8.61 Å². The first kappa shape index (κ1) is 19.6. The molecule has 0 bridgehead atoms. The number of nitrogens with zero attached hydrogens (tertiary/aromatic N) is 2. The second kappa shape index (κ2) is 7.28. The maximum atomic E-state index is 12.9. The van der Waals surface area contributed by atoms with Gasteiger partial charge < -0.3 is 10.5 Å². The highest BCUT2D eigenvalue weighted by Crippen LogP contribution is 2.29. The minimum atomic E-state index is -3.96. The van der Waals surface area contributed by atoms with Crippen LogP contribution in [-0.4, -0.2) is 70.4 Å². The van der Waals surface area contributed by atoms with Crippen molar-refractivity contribution in [2.24, 2.45) is 5.73 Å². The van der Waals surface area contributed by atoms with Crippen molar-refractivity contribution in [2.75, 3.05) is 39.0 Å². The second-order valence-electron chi connectivity index (χ2n) is 5.52. The molecule has 1 aromatic rings. The molecule has 0 spiro atoms. The van der Waals surface area contributed by atoms with Gasteiger partial charge in [0.25, 0.3) is 0 Å². The Hall–Kier alpha value is -1.69. The number of benzene rings is 1. The van der Waals surface area contributed by atoms with Crippen LogP contribution in [0, 0.1) is 0 Å². The minimum absolute atomic E-state index is 0.0156. The molecule has 1 amide bonds. The summed E-state index contributed by atoms with van der Waals surface area (Å²) in [5.74, 6) is -0.626. The molecular formula is C14H21N3O6S2. The van der Waals surface area contributed by atoms with Crippen molar-refractivity contribution in [2.45, 2.75) is 11.8 Å². The molecule has 1 fully saturated rings. The summed E-state index contributed by atoms with van der Waals surface area (Å²) in [6, 6.07) is 3.97. The molecule has 9 nitrogen and oxygen atoms in total. The van der Waals surface area contributed by atoms with Crippen LogP contribution in [-0.2, 0) is 20.0 Å². The van der Waals surface area contributed by atoms with Gasteiger partial charge in [-0.15, -0.1) is 0 Å². The minimum Gasteiger partial charge on any atom is -0.492 e. The van der Waals surface area contributed by atoms with E-state index in [9.17, 15) is 21.6 Å². The molecule has 25 heavy (non-hydrogen) atoms. The average Bonchev–Trinajstić information content (AvgIpc) is 2.54. The molecule has 140 valence electrons. The summed E-state index contributed by atoms with van der Waals surface area (Å²) in [4.78, 5) is 11.2. The number of carbonyl (C=O) groups excluding carboxylic acids is 1. The molecule has 0 radical (unpaired) electrons. The first-order valence-corrected chi connectivity index (χ1v) is 10.9. The van der Waals surface area contributed by atoms with Crippen molar-refractivity contribution in [3.63, 3.8) is 0 Å². The summed E-state index contributed by atoms with van der Waals surface area (Å²) in [5.41, 5.74) is 5.29. The predicted octanol–water partition coefficient (Wildman–Crippen LogP) is -0.550. The average molecular weight is 391 g/mol. The molecule has 0 atom stereocenters. The number of ether oxygens (including phenoxy) is 1. The van der Waals surface area contributed by atoms with Gasteiger partial charge in [0.2, 0.25) is 26.0 Å². The number of amides is 1. The fourth-order valence-electron chi connectivity index (χ4n) is 2.52. The fraction of sp³-hybridized carbons (Fsp3) is 0.500. The van der Waals surface area contributed by atoms with E-state index in [4.69, 9.17) is 10.5 Å². The Kier molecular flexibility index (Phi) is 5.72. The normalized spacial score (nSPS) is 17.4. The zero-order valence-corrected chi connectivity index (χ0v) is 15.6. The van der Waals surface area contributed by atoms with Gasteiger partial charge in [0, 0.05) is 31.7 Å². The summed E-state index contributed by atoms with van der Waals surface area (Å²) in [6.45, 7) is 2.13. The van der Waals surface area contributed by atoms with Crippen LogP contribution in [0.25, 0.3) is 0 Å². The van der Waals surface area contributed by atoms with E-state index in [1.54, 1.807) is 6.92 Å². The Balaban J connectivity index is 2.36. The lowest BCUT2D eigenvalue weighted by Gasteiger charge is -2.32. The van der Waals surface area contributed by atoms with E-state index in [1.807, 2.05) is 0 Å². The molecule has 2 N–H and O–H groups in total. The van der Waals surface area contributed by atoms with E-state index in [0.717, 1.165) is 6.26 Å². The van der Waals surface area contributed by atoms with Crippen LogP contribution in [0.5, 0.6) is 5.75 Å². The van der Waals surface area contributed by atoms with Gasteiger partial charge in [0.05, 0.1) is 12.9 Å². The largest absolute Gasteiger partial charge is 0.492 e. The summed E-state index contributed by atoms with van der Waals surface area (Å²) in [5, 5.41) is 0. The molecule has 0 aromatic heterocycles. The van der Waals surface area contributed by atoms with Crippen LogP contribution in [0.3, 0.4) is 0 Å². The van der Waals surface area contributed by atoms with E-state index < -0.39 is 26.0 Å². The highest BCUT2D eigenvalue weighted by molar-refractivity contribution is 7.89. The lowest BCUT2D eigenvalue weighted by Crippen LogP contribution is -2.50. The van der Waals surface area contributed by atoms with Crippen molar-refractivity contribution >= 4 is 26.0 Å². The van der Waals surface area contributed by atoms with Crippen LogP contribution in [0.4, 0.5) is 0 Å². The molecular weight excluding hydrogens is 370 g/mol. The van der Waals surface area contributed by atoms with Crippen LogP contribution < -0.4 is 10.5 Å². The van der Waals surface area contributed by atoms with Gasteiger partial charge in [-0.3, -0.25) is 4.79 Å². The third kappa shape index (κ3) is 4.29. The topological polar surface area (TPSA) is 127 Å². The van der Waals surface area contributed by atoms with Crippen LogP contribution >= 0.6 is 0 Å². The Bertz CT molecular complexity index is 859. The van der Waals surface area contributed by atoms with Gasteiger partial charge >= 0.3 is 0 Å². The molecule has 1 heterocycles. The quantitative estimate of drug-likeness (QED) is 0.693. The van der Waals surface area contributed by atoms with Gasteiger partial charge in [-0.2, -0.15) is 8.61 Å². The Morgan fingerprint density at radius 3 is 2.16 bits per heavy atom. The van der Waals surface area contributed by atoms with E-state index in [1.165, 1.54) is 26.8 Å². The van der Waals surface area contributed by atoms with Crippen molar-refractivity contribution in [3.05, 3.63) is 23.8 Å². The smallest absolute Gasteiger partial charge is 0.248 e. The monoisotopic (exact) mass is 391 g/mol. The Labute approximate surface area is 147 Å². The van der Waals surface area contributed by atoms with Gasteiger partial charge in [-0.25, -0.2) is 16.8 Å². The van der Waals surface area contributed by atoms with Gasteiger partial charge in [0.15, 0.2) is 0 Å². The van der Waals surface area contributed by atoms with E-state index >= 15 is 0 Å². The van der Waals surface area contributed by atoms with E-state index in [-0.39, 0.29) is 49.0 Å². The zero-order valence-electron chi connectivity index (χ0n) is 14.0. The number of carbonyl (C=O) groups is 1. The molecule has 1 aliphatic heterocycles. The van der Waals surface area contributed by atoms with Gasteiger partial charge in [-0.1, -0.05) is 0 Å². The maximum Gasteiger partial charge on any atom is 0.248 e. The predicted molar refractivity (Wildman–Crippen MR) is 91.3 cm³/mol. The number of rotatable bonds is 6. The number of sulfonamides is 2. The number of primary amides is 1. The Morgan fingerprint density at radius 2 is 1.68 bits per heavy atom. The summed E-state index contributed by atoms with van der Waals surface area (Å²) < 4.78 is 56.8.